The van der Waals surface area contributed by atoms with Crippen molar-refractivity contribution in [1.82, 2.24) is 4.98 Å². The summed E-state index contributed by atoms with van der Waals surface area (Å²) in [5.41, 5.74) is -4.66. The van der Waals surface area contributed by atoms with E-state index in [4.69, 9.17) is 11.6 Å². The highest BCUT2D eigenvalue weighted by Crippen LogP contribution is 2.30. The third-order valence-electron chi connectivity index (χ3n) is 1.70. The first-order chi connectivity index (χ1) is 8.29. The van der Waals surface area contributed by atoms with E-state index in [1.165, 1.54) is 6.07 Å². The number of rotatable bonds is 5. The molecule has 0 atom stereocenters. The zero-order chi connectivity index (χ0) is 13.8. The maximum absolute atomic E-state index is 11.8. The molecule has 1 rings (SSSR count). The van der Waals surface area contributed by atoms with E-state index in [0.29, 0.717) is 0 Å². The second kappa shape index (κ2) is 6.10. The topological polar surface area (TPSA) is 68.1 Å². The molecule has 100 valence electrons. The molecule has 0 aliphatic heterocycles. The quantitative estimate of drug-likeness (QED) is 0.391. The number of halogens is 4. The molecular weight excluding hydrogens is 295 g/mol. The van der Waals surface area contributed by atoms with Crippen LogP contribution in [0, 0.1) is 10.1 Å². The van der Waals surface area contributed by atoms with Gasteiger partial charge in [-0.3, -0.25) is 10.1 Å². The van der Waals surface area contributed by atoms with Crippen LogP contribution >= 0.6 is 23.4 Å². The van der Waals surface area contributed by atoms with Gasteiger partial charge in [-0.05, 0) is 17.8 Å². The fourth-order valence-electron chi connectivity index (χ4n) is 1.04. The highest BCUT2D eigenvalue weighted by atomic mass is 35.5. The van der Waals surface area contributed by atoms with Gasteiger partial charge in [-0.15, -0.1) is 0 Å². The van der Waals surface area contributed by atoms with Crippen molar-refractivity contribution in [2.75, 3.05) is 17.6 Å². The molecule has 5 nitrogen and oxygen atoms in total. The average Bonchev–Trinajstić information content (AvgIpc) is 2.22. The summed E-state index contributed by atoms with van der Waals surface area (Å²) in [4.78, 5) is 13.6. The van der Waals surface area contributed by atoms with E-state index < -0.39 is 10.4 Å². The molecule has 1 heterocycles. The van der Waals surface area contributed by atoms with Crippen LogP contribution in [0.4, 0.5) is 24.7 Å². The Kier molecular flexibility index (Phi) is 5.03. The van der Waals surface area contributed by atoms with Crippen LogP contribution in [0.1, 0.15) is 0 Å². The lowest BCUT2D eigenvalue weighted by atomic mass is 10.4. The van der Waals surface area contributed by atoms with Gasteiger partial charge in [0.1, 0.15) is 5.15 Å². The predicted molar refractivity (Wildman–Crippen MR) is 62.9 cm³/mol. The maximum Gasteiger partial charge on any atom is 0.441 e. The predicted octanol–water partition coefficient (Wildman–Crippen LogP) is 3.31. The van der Waals surface area contributed by atoms with Gasteiger partial charge in [-0.25, -0.2) is 4.98 Å². The molecule has 1 N–H and O–H groups in total. The molecule has 1 aromatic heterocycles. The maximum atomic E-state index is 11.8. The number of hydrogen-bond donors (Lipinski definition) is 1. The number of alkyl halides is 3. The van der Waals surface area contributed by atoms with Gasteiger partial charge in [0.05, 0.1) is 4.92 Å². The fraction of sp³-hybridized carbons (Fsp3) is 0.375. The van der Waals surface area contributed by atoms with Crippen LogP contribution in [0.15, 0.2) is 12.1 Å². The van der Waals surface area contributed by atoms with Gasteiger partial charge in [0, 0.05) is 18.4 Å². The molecular formula is C8H7ClF3N3O2S. The molecule has 0 unspecified atom stereocenters. The van der Waals surface area contributed by atoms with Gasteiger partial charge < -0.3 is 5.32 Å². The van der Waals surface area contributed by atoms with Crippen LogP contribution in [-0.4, -0.2) is 27.7 Å². The summed E-state index contributed by atoms with van der Waals surface area (Å²) in [5, 5.41) is 13.1. The average molecular weight is 302 g/mol. The van der Waals surface area contributed by atoms with E-state index in [0.717, 1.165) is 6.07 Å². The van der Waals surface area contributed by atoms with E-state index >= 15 is 0 Å². The SMILES string of the molecule is O=[N+]([O-])c1ccc(Cl)nc1NCCSC(F)(F)F. The number of nitrogens with zero attached hydrogens (tertiary/aromatic N) is 2. The summed E-state index contributed by atoms with van der Waals surface area (Å²) < 4.78 is 35.5. The second-order valence-electron chi connectivity index (χ2n) is 2.98. The molecule has 0 bridgehead atoms. The highest BCUT2D eigenvalue weighted by Gasteiger charge is 2.27. The first-order valence-electron chi connectivity index (χ1n) is 4.55. The molecule has 0 aromatic carbocycles. The van der Waals surface area contributed by atoms with Crippen LogP contribution in [0.5, 0.6) is 0 Å². The molecule has 18 heavy (non-hydrogen) atoms. The first-order valence-corrected chi connectivity index (χ1v) is 5.91. The number of pyridine rings is 1. The molecule has 0 aliphatic rings. The van der Waals surface area contributed by atoms with E-state index in [-0.39, 0.29) is 40.7 Å². The van der Waals surface area contributed by atoms with Gasteiger partial charge in [0.25, 0.3) is 0 Å². The van der Waals surface area contributed by atoms with Gasteiger partial charge in [0.2, 0.25) is 5.82 Å². The van der Waals surface area contributed by atoms with Crippen molar-refractivity contribution in [3.05, 3.63) is 27.4 Å². The number of nitrogens with one attached hydrogen (secondary N) is 1. The Labute approximate surface area is 109 Å². The van der Waals surface area contributed by atoms with Crippen molar-refractivity contribution in [2.24, 2.45) is 0 Å². The molecule has 0 radical (unpaired) electrons. The van der Waals surface area contributed by atoms with Crippen molar-refractivity contribution in [3.63, 3.8) is 0 Å². The van der Waals surface area contributed by atoms with E-state index in [2.05, 4.69) is 10.3 Å². The Bertz CT molecular complexity index is 444. The lowest BCUT2D eigenvalue weighted by Gasteiger charge is -2.07. The Balaban J connectivity index is 2.61. The standard InChI is InChI=1S/C8H7ClF3N3O2S/c9-6-2-1-5(15(16)17)7(14-6)13-3-4-18-8(10,11)12/h1-2H,3-4H2,(H,13,14). The summed E-state index contributed by atoms with van der Waals surface area (Å²) in [7, 11) is 0. The van der Waals surface area contributed by atoms with Gasteiger partial charge in [0.15, 0.2) is 0 Å². The van der Waals surface area contributed by atoms with Crippen LogP contribution < -0.4 is 5.32 Å². The summed E-state index contributed by atoms with van der Waals surface area (Å²) in [6.07, 6.45) is 0. The Morgan fingerprint density at radius 2 is 2.17 bits per heavy atom. The normalized spacial score (nSPS) is 11.3. The minimum absolute atomic E-state index is 0.0200. The Morgan fingerprint density at radius 1 is 1.50 bits per heavy atom. The smallest absolute Gasteiger partial charge is 0.363 e. The van der Waals surface area contributed by atoms with Crippen molar-refractivity contribution in [2.45, 2.75) is 5.51 Å². The molecule has 0 fully saturated rings. The Hall–Kier alpha value is -1.22. The van der Waals surface area contributed by atoms with Crippen molar-refractivity contribution in [3.8, 4) is 0 Å². The largest absolute Gasteiger partial charge is 0.441 e. The lowest BCUT2D eigenvalue weighted by Crippen LogP contribution is -2.11. The lowest BCUT2D eigenvalue weighted by molar-refractivity contribution is -0.384. The first kappa shape index (κ1) is 14.8. The number of aromatic nitrogens is 1. The monoisotopic (exact) mass is 301 g/mol. The highest BCUT2D eigenvalue weighted by molar-refractivity contribution is 8.00. The summed E-state index contributed by atoms with van der Waals surface area (Å²) in [6, 6.07) is 2.36. The third-order valence-corrected chi connectivity index (χ3v) is 2.64. The van der Waals surface area contributed by atoms with Gasteiger partial charge in [-0.1, -0.05) is 11.6 Å². The summed E-state index contributed by atoms with van der Waals surface area (Å²) >= 11 is 5.33. The van der Waals surface area contributed by atoms with Crippen molar-refractivity contribution >= 4 is 34.9 Å². The van der Waals surface area contributed by atoms with Crippen molar-refractivity contribution in [1.29, 1.82) is 0 Å². The summed E-state index contributed by atoms with van der Waals surface area (Å²) in [5.74, 6) is -0.426. The number of anilines is 1. The van der Waals surface area contributed by atoms with Gasteiger partial charge in [-0.2, -0.15) is 13.2 Å². The molecule has 1 aromatic rings. The zero-order valence-corrected chi connectivity index (χ0v) is 10.3. The van der Waals surface area contributed by atoms with Crippen LogP contribution in [0.2, 0.25) is 5.15 Å². The molecule has 10 heteroatoms. The number of hydrogen-bond acceptors (Lipinski definition) is 5. The fourth-order valence-corrected chi connectivity index (χ4v) is 1.62. The van der Waals surface area contributed by atoms with Crippen LogP contribution in [0.3, 0.4) is 0 Å². The Morgan fingerprint density at radius 3 is 2.72 bits per heavy atom. The second-order valence-corrected chi connectivity index (χ2v) is 4.53. The van der Waals surface area contributed by atoms with Crippen molar-refractivity contribution < 1.29 is 18.1 Å². The van der Waals surface area contributed by atoms with Gasteiger partial charge >= 0.3 is 11.2 Å². The van der Waals surface area contributed by atoms with E-state index in [1.54, 1.807) is 0 Å². The zero-order valence-electron chi connectivity index (χ0n) is 8.70. The van der Waals surface area contributed by atoms with Crippen LogP contribution in [-0.2, 0) is 0 Å². The number of nitro groups is 1. The van der Waals surface area contributed by atoms with E-state index in [1.807, 2.05) is 0 Å². The van der Waals surface area contributed by atoms with E-state index in [9.17, 15) is 23.3 Å². The summed E-state index contributed by atoms with van der Waals surface area (Å²) in [6.45, 7) is -0.113. The third kappa shape index (κ3) is 4.96. The molecule has 0 aliphatic carbocycles. The minimum atomic E-state index is -4.32. The number of thioether (sulfide) groups is 1. The minimum Gasteiger partial charge on any atom is -0.363 e. The molecule has 0 spiro atoms. The van der Waals surface area contributed by atoms with Crippen LogP contribution in [0.25, 0.3) is 0 Å². The molecule has 0 amide bonds. The molecule has 0 saturated heterocycles. The molecule has 0 saturated carbocycles.